The summed E-state index contributed by atoms with van der Waals surface area (Å²) in [4.78, 5) is 26.3. The van der Waals surface area contributed by atoms with Gasteiger partial charge in [-0.25, -0.2) is 0 Å². The number of para-hydroxylation sites is 2. The lowest BCUT2D eigenvalue weighted by atomic mass is 10.1. The van der Waals surface area contributed by atoms with Crippen LogP contribution in [0.25, 0.3) is 0 Å². The number of hydrogen-bond donors (Lipinski definition) is 2. The molecule has 124 valence electrons. The average molecular weight is 323 g/mol. The molecular formula is C19H21N3O2. The second-order valence-corrected chi connectivity index (χ2v) is 5.93. The van der Waals surface area contributed by atoms with Crippen molar-refractivity contribution in [2.24, 2.45) is 0 Å². The minimum atomic E-state index is -0.439. The highest BCUT2D eigenvalue weighted by Gasteiger charge is 2.33. The van der Waals surface area contributed by atoms with Crippen LogP contribution in [0.3, 0.4) is 0 Å². The van der Waals surface area contributed by atoms with Gasteiger partial charge in [-0.3, -0.25) is 9.59 Å². The first-order chi connectivity index (χ1) is 11.6. The van der Waals surface area contributed by atoms with E-state index in [9.17, 15) is 9.59 Å². The predicted octanol–water partition coefficient (Wildman–Crippen LogP) is 2.12. The lowest BCUT2D eigenvalue weighted by Gasteiger charge is -2.17. The Balaban J connectivity index is 1.54. The Morgan fingerprint density at radius 1 is 1.12 bits per heavy atom. The zero-order valence-electron chi connectivity index (χ0n) is 13.4. The van der Waals surface area contributed by atoms with Gasteiger partial charge in [0.25, 0.3) is 0 Å². The van der Waals surface area contributed by atoms with Gasteiger partial charge in [0.15, 0.2) is 0 Å². The summed E-state index contributed by atoms with van der Waals surface area (Å²) in [6, 6.07) is 16.6. The van der Waals surface area contributed by atoms with Crippen LogP contribution < -0.4 is 16.0 Å². The number of carbonyl (C=O) groups excluding carboxylic acids is 2. The first-order valence-corrected chi connectivity index (χ1v) is 8.14. The molecule has 1 atom stereocenters. The lowest BCUT2D eigenvalue weighted by molar-refractivity contribution is -0.126. The van der Waals surface area contributed by atoms with Gasteiger partial charge < -0.3 is 16.0 Å². The van der Waals surface area contributed by atoms with Crippen molar-refractivity contribution in [3.05, 3.63) is 60.2 Å². The van der Waals surface area contributed by atoms with Crippen LogP contribution in [0.4, 0.5) is 11.4 Å². The highest BCUT2D eigenvalue weighted by Crippen LogP contribution is 2.21. The van der Waals surface area contributed by atoms with Gasteiger partial charge in [0, 0.05) is 24.3 Å². The molecule has 0 spiro atoms. The minimum absolute atomic E-state index is 0.0474. The fraction of sp³-hybridized carbons (Fsp3) is 0.263. The van der Waals surface area contributed by atoms with Crippen molar-refractivity contribution in [3.63, 3.8) is 0 Å². The highest BCUT2D eigenvalue weighted by molar-refractivity contribution is 6.01. The first kappa shape index (κ1) is 16.1. The quantitative estimate of drug-likeness (QED) is 0.828. The van der Waals surface area contributed by atoms with E-state index in [1.165, 1.54) is 0 Å². The summed E-state index contributed by atoms with van der Waals surface area (Å²) in [6.07, 6.45) is 1.53. The molecule has 0 bridgehead atoms. The molecule has 1 aliphatic heterocycles. The van der Waals surface area contributed by atoms with E-state index < -0.39 is 6.04 Å². The van der Waals surface area contributed by atoms with E-state index in [0.717, 1.165) is 11.3 Å². The summed E-state index contributed by atoms with van der Waals surface area (Å²) in [5.41, 5.74) is 8.40. The Morgan fingerprint density at radius 2 is 1.83 bits per heavy atom. The number of amides is 2. The monoisotopic (exact) mass is 323 g/mol. The summed E-state index contributed by atoms with van der Waals surface area (Å²) >= 11 is 0. The number of anilines is 2. The Morgan fingerprint density at radius 3 is 2.58 bits per heavy atom. The third-order valence-electron chi connectivity index (χ3n) is 4.29. The van der Waals surface area contributed by atoms with E-state index in [0.29, 0.717) is 31.5 Å². The Kier molecular flexibility index (Phi) is 4.79. The van der Waals surface area contributed by atoms with E-state index in [1.807, 2.05) is 54.6 Å². The van der Waals surface area contributed by atoms with E-state index in [2.05, 4.69) is 5.32 Å². The van der Waals surface area contributed by atoms with Gasteiger partial charge in [0.05, 0.1) is 0 Å². The molecule has 24 heavy (non-hydrogen) atoms. The molecule has 1 heterocycles. The first-order valence-electron chi connectivity index (χ1n) is 8.14. The number of aryl methyl sites for hydroxylation is 1. The molecule has 5 heteroatoms. The molecule has 2 aromatic rings. The van der Waals surface area contributed by atoms with Crippen LogP contribution in [-0.4, -0.2) is 24.4 Å². The van der Waals surface area contributed by atoms with E-state index in [-0.39, 0.29) is 11.8 Å². The molecule has 3 rings (SSSR count). The van der Waals surface area contributed by atoms with Crippen molar-refractivity contribution >= 4 is 23.2 Å². The maximum atomic E-state index is 12.5. The normalized spacial score (nSPS) is 17.1. The van der Waals surface area contributed by atoms with E-state index in [1.54, 1.807) is 4.90 Å². The number of carbonyl (C=O) groups is 2. The van der Waals surface area contributed by atoms with Crippen LogP contribution in [0, 0.1) is 0 Å². The van der Waals surface area contributed by atoms with Crippen LogP contribution in [0.5, 0.6) is 0 Å². The number of hydrogen-bond acceptors (Lipinski definition) is 3. The van der Waals surface area contributed by atoms with Gasteiger partial charge in [-0.1, -0.05) is 36.4 Å². The Bertz CT molecular complexity index is 730. The van der Waals surface area contributed by atoms with Gasteiger partial charge in [-0.2, -0.15) is 0 Å². The smallest absolute Gasteiger partial charge is 0.249 e. The fourth-order valence-corrected chi connectivity index (χ4v) is 2.95. The third kappa shape index (κ3) is 3.56. The van der Waals surface area contributed by atoms with Crippen LogP contribution in [0.15, 0.2) is 54.6 Å². The molecular weight excluding hydrogens is 302 g/mol. The maximum Gasteiger partial charge on any atom is 0.249 e. The summed E-state index contributed by atoms with van der Waals surface area (Å²) in [5, 5.41) is 2.85. The van der Waals surface area contributed by atoms with Crippen molar-refractivity contribution in [2.75, 3.05) is 17.2 Å². The fourth-order valence-electron chi connectivity index (χ4n) is 2.95. The summed E-state index contributed by atoms with van der Waals surface area (Å²) in [6.45, 7) is 0.624. The molecule has 0 aromatic heterocycles. The molecule has 0 radical (unpaired) electrons. The Hall–Kier alpha value is -2.82. The van der Waals surface area contributed by atoms with Crippen molar-refractivity contribution in [1.82, 2.24) is 5.32 Å². The van der Waals surface area contributed by atoms with Crippen LogP contribution in [-0.2, 0) is 16.0 Å². The SMILES string of the molecule is Nc1ccccc1CCC(=O)NC1CCN(c2ccccc2)C1=O. The summed E-state index contributed by atoms with van der Waals surface area (Å²) in [5.74, 6) is -0.166. The highest BCUT2D eigenvalue weighted by atomic mass is 16.2. The topological polar surface area (TPSA) is 75.4 Å². The predicted molar refractivity (Wildman–Crippen MR) is 94.5 cm³/mol. The van der Waals surface area contributed by atoms with E-state index >= 15 is 0 Å². The number of nitrogens with zero attached hydrogens (tertiary/aromatic N) is 1. The summed E-state index contributed by atoms with van der Waals surface area (Å²) in [7, 11) is 0. The van der Waals surface area contributed by atoms with Gasteiger partial charge >= 0.3 is 0 Å². The van der Waals surface area contributed by atoms with Crippen molar-refractivity contribution in [2.45, 2.75) is 25.3 Å². The summed E-state index contributed by atoms with van der Waals surface area (Å²) < 4.78 is 0. The van der Waals surface area contributed by atoms with Crippen LogP contribution in [0.1, 0.15) is 18.4 Å². The number of nitrogens with one attached hydrogen (secondary N) is 1. The van der Waals surface area contributed by atoms with Gasteiger partial charge in [0.2, 0.25) is 11.8 Å². The zero-order chi connectivity index (χ0) is 16.9. The van der Waals surface area contributed by atoms with Crippen LogP contribution in [0.2, 0.25) is 0 Å². The zero-order valence-corrected chi connectivity index (χ0v) is 13.4. The molecule has 1 saturated heterocycles. The molecule has 1 fully saturated rings. The molecule has 2 aromatic carbocycles. The number of benzene rings is 2. The van der Waals surface area contributed by atoms with E-state index in [4.69, 9.17) is 5.73 Å². The minimum Gasteiger partial charge on any atom is -0.399 e. The van der Waals surface area contributed by atoms with Crippen molar-refractivity contribution in [1.29, 1.82) is 0 Å². The molecule has 1 aliphatic rings. The molecule has 0 saturated carbocycles. The van der Waals surface area contributed by atoms with Crippen LogP contribution >= 0.6 is 0 Å². The number of rotatable bonds is 5. The van der Waals surface area contributed by atoms with Gasteiger partial charge in [-0.05, 0) is 36.6 Å². The number of nitrogens with two attached hydrogens (primary N) is 1. The third-order valence-corrected chi connectivity index (χ3v) is 4.29. The lowest BCUT2D eigenvalue weighted by Crippen LogP contribution is -2.41. The van der Waals surface area contributed by atoms with Crippen molar-refractivity contribution < 1.29 is 9.59 Å². The van der Waals surface area contributed by atoms with Gasteiger partial charge in [-0.15, -0.1) is 0 Å². The molecule has 0 aliphatic carbocycles. The molecule has 3 N–H and O–H groups in total. The Labute approximate surface area is 141 Å². The van der Waals surface area contributed by atoms with Gasteiger partial charge in [0.1, 0.15) is 6.04 Å². The molecule has 1 unspecified atom stereocenters. The number of nitrogen functional groups attached to an aromatic ring is 1. The average Bonchev–Trinajstić information content (AvgIpc) is 2.96. The molecule has 5 nitrogen and oxygen atoms in total. The molecule has 2 amide bonds. The second kappa shape index (κ2) is 7.17. The standard InChI is InChI=1S/C19H21N3O2/c20-16-9-5-4-6-14(16)10-11-18(23)21-17-12-13-22(19(17)24)15-7-2-1-3-8-15/h1-9,17H,10-13,20H2,(H,21,23). The largest absolute Gasteiger partial charge is 0.399 e. The second-order valence-electron chi connectivity index (χ2n) is 5.93. The maximum absolute atomic E-state index is 12.5. The van der Waals surface area contributed by atoms with Crippen molar-refractivity contribution in [3.8, 4) is 0 Å².